The fraction of sp³-hybridized carbons (Fsp3) is 0.0769. The second-order valence-corrected chi connectivity index (χ2v) is 3.81. The van der Waals surface area contributed by atoms with E-state index < -0.39 is 5.92 Å². The zero-order valence-corrected chi connectivity index (χ0v) is 9.41. The number of nitriles is 1. The number of nitrogens with zero attached hydrogens (tertiary/aromatic N) is 4. The number of para-hydroxylation sites is 2. The van der Waals surface area contributed by atoms with Crippen LogP contribution in [0, 0.1) is 11.3 Å². The van der Waals surface area contributed by atoms with Crippen LogP contribution in [0.3, 0.4) is 0 Å². The third kappa shape index (κ3) is 1.70. The highest BCUT2D eigenvalue weighted by molar-refractivity contribution is 5.75. The fourth-order valence-electron chi connectivity index (χ4n) is 1.81. The lowest BCUT2D eigenvalue weighted by atomic mass is 10.1. The minimum Gasteiger partial charge on any atom is -0.340 e. The van der Waals surface area contributed by atoms with E-state index in [1.165, 1.54) is 0 Å². The van der Waals surface area contributed by atoms with Crippen LogP contribution in [0.2, 0.25) is 0 Å². The second kappa shape index (κ2) is 4.26. The molecule has 0 aliphatic heterocycles. The van der Waals surface area contributed by atoms with Gasteiger partial charge in [-0.15, -0.1) is 0 Å². The number of rotatable bonds is 2. The SMILES string of the molecule is N#CC(c1ncccn1)c1nc2ccccc2[nH]1. The molecule has 0 spiro atoms. The predicted octanol–water partition coefficient (Wildman–Crippen LogP) is 2.01. The van der Waals surface area contributed by atoms with Crippen LogP contribution in [0.25, 0.3) is 11.0 Å². The smallest absolute Gasteiger partial charge is 0.163 e. The Morgan fingerprint density at radius 3 is 2.61 bits per heavy atom. The van der Waals surface area contributed by atoms with E-state index in [4.69, 9.17) is 0 Å². The molecule has 2 aromatic heterocycles. The molecule has 0 saturated carbocycles. The Morgan fingerprint density at radius 1 is 1.11 bits per heavy atom. The molecular formula is C13H9N5. The molecule has 5 heteroatoms. The first-order chi connectivity index (χ1) is 8.88. The van der Waals surface area contributed by atoms with E-state index in [1.54, 1.807) is 18.5 Å². The van der Waals surface area contributed by atoms with Crippen molar-refractivity contribution in [1.82, 2.24) is 19.9 Å². The molecule has 0 fully saturated rings. The van der Waals surface area contributed by atoms with E-state index in [2.05, 4.69) is 26.0 Å². The summed E-state index contributed by atoms with van der Waals surface area (Å²) in [5, 5.41) is 9.27. The Morgan fingerprint density at radius 2 is 1.89 bits per heavy atom. The van der Waals surface area contributed by atoms with Crippen molar-refractivity contribution in [2.45, 2.75) is 5.92 Å². The van der Waals surface area contributed by atoms with Crippen LogP contribution in [0.1, 0.15) is 17.6 Å². The number of aromatic nitrogens is 4. The van der Waals surface area contributed by atoms with Crippen molar-refractivity contribution in [1.29, 1.82) is 5.26 Å². The highest BCUT2D eigenvalue weighted by Crippen LogP contribution is 2.20. The van der Waals surface area contributed by atoms with E-state index >= 15 is 0 Å². The highest BCUT2D eigenvalue weighted by Gasteiger charge is 2.19. The number of H-pyrrole nitrogens is 1. The summed E-state index contributed by atoms with van der Waals surface area (Å²) in [6.45, 7) is 0. The average Bonchev–Trinajstić information content (AvgIpc) is 2.84. The summed E-state index contributed by atoms with van der Waals surface area (Å²) in [6.07, 6.45) is 3.24. The summed E-state index contributed by atoms with van der Waals surface area (Å²) >= 11 is 0. The van der Waals surface area contributed by atoms with Gasteiger partial charge in [0.2, 0.25) is 0 Å². The Labute approximate surface area is 103 Å². The van der Waals surface area contributed by atoms with Gasteiger partial charge in [-0.25, -0.2) is 15.0 Å². The molecule has 2 heterocycles. The lowest BCUT2D eigenvalue weighted by molar-refractivity contribution is 0.840. The number of benzene rings is 1. The molecule has 3 rings (SSSR count). The molecule has 1 unspecified atom stereocenters. The largest absolute Gasteiger partial charge is 0.340 e. The number of aromatic amines is 1. The van der Waals surface area contributed by atoms with Crippen LogP contribution < -0.4 is 0 Å². The minimum atomic E-state index is -0.571. The molecule has 0 radical (unpaired) electrons. The van der Waals surface area contributed by atoms with Crippen LogP contribution >= 0.6 is 0 Å². The Balaban J connectivity index is 2.10. The molecule has 5 nitrogen and oxygen atoms in total. The number of imidazole rings is 1. The molecule has 0 saturated heterocycles. The molecule has 86 valence electrons. The predicted molar refractivity (Wildman–Crippen MR) is 65.6 cm³/mol. The van der Waals surface area contributed by atoms with Gasteiger partial charge < -0.3 is 4.98 Å². The van der Waals surface area contributed by atoms with E-state index in [-0.39, 0.29) is 0 Å². The molecule has 1 aromatic carbocycles. The number of hydrogen-bond donors (Lipinski definition) is 1. The van der Waals surface area contributed by atoms with Crippen LogP contribution in [-0.2, 0) is 0 Å². The first-order valence-electron chi connectivity index (χ1n) is 5.49. The molecule has 0 aliphatic carbocycles. The first-order valence-corrected chi connectivity index (χ1v) is 5.49. The monoisotopic (exact) mass is 235 g/mol. The molecule has 1 atom stereocenters. The Hall–Kier alpha value is -2.74. The normalized spacial score (nSPS) is 12.2. The number of nitrogens with one attached hydrogen (secondary N) is 1. The zero-order chi connectivity index (χ0) is 12.4. The van der Waals surface area contributed by atoms with Crippen molar-refractivity contribution < 1.29 is 0 Å². The van der Waals surface area contributed by atoms with Crippen molar-refractivity contribution in [2.24, 2.45) is 0 Å². The standard InChI is InChI=1S/C13H9N5/c14-8-9(12-15-6-3-7-16-12)13-17-10-4-1-2-5-11(10)18-13/h1-7,9H,(H,17,18). The van der Waals surface area contributed by atoms with Crippen molar-refractivity contribution >= 4 is 11.0 Å². The van der Waals surface area contributed by atoms with Crippen LogP contribution in [0.15, 0.2) is 42.7 Å². The van der Waals surface area contributed by atoms with E-state index in [9.17, 15) is 5.26 Å². The second-order valence-electron chi connectivity index (χ2n) is 3.81. The van der Waals surface area contributed by atoms with Gasteiger partial charge in [-0.2, -0.15) is 5.26 Å². The van der Waals surface area contributed by atoms with Crippen LogP contribution in [0.5, 0.6) is 0 Å². The molecule has 1 N–H and O–H groups in total. The van der Waals surface area contributed by atoms with Gasteiger partial charge in [-0.3, -0.25) is 0 Å². The maximum absolute atomic E-state index is 9.27. The summed E-state index contributed by atoms with van der Waals surface area (Å²) in [7, 11) is 0. The van der Waals surface area contributed by atoms with Crippen molar-refractivity contribution in [3.05, 3.63) is 54.4 Å². The van der Waals surface area contributed by atoms with Crippen molar-refractivity contribution in [3.8, 4) is 6.07 Å². The molecule has 0 amide bonds. The van der Waals surface area contributed by atoms with E-state index in [1.807, 2.05) is 24.3 Å². The first kappa shape index (κ1) is 10.4. The van der Waals surface area contributed by atoms with Gasteiger partial charge in [0.15, 0.2) is 11.7 Å². The summed E-state index contributed by atoms with van der Waals surface area (Å²) in [5.41, 5.74) is 1.74. The molecule has 0 aliphatic rings. The Kier molecular flexibility index (Phi) is 2.47. The Bertz CT molecular complexity index is 678. The molecule has 18 heavy (non-hydrogen) atoms. The number of hydrogen-bond acceptors (Lipinski definition) is 4. The van der Waals surface area contributed by atoms with Crippen molar-refractivity contribution in [2.75, 3.05) is 0 Å². The lowest BCUT2D eigenvalue weighted by Gasteiger charge is -2.02. The topological polar surface area (TPSA) is 78.2 Å². The van der Waals surface area contributed by atoms with Crippen molar-refractivity contribution in [3.63, 3.8) is 0 Å². The summed E-state index contributed by atoms with van der Waals surface area (Å²) < 4.78 is 0. The van der Waals surface area contributed by atoms with Gasteiger partial charge in [-0.05, 0) is 18.2 Å². The van der Waals surface area contributed by atoms with Crippen LogP contribution in [-0.4, -0.2) is 19.9 Å². The highest BCUT2D eigenvalue weighted by atomic mass is 15.0. The van der Waals surface area contributed by atoms with E-state index in [0.717, 1.165) is 11.0 Å². The quantitative estimate of drug-likeness (QED) is 0.736. The molecule has 3 aromatic rings. The summed E-state index contributed by atoms with van der Waals surface area (Å²) in [4.78, 5) is 15.7. The van der Waals surface area contributed by atoms with Gasteiger partial charge >= 0.3 is 0 Å². The van der Waals surface area contributed by atoms with Gasteiger partial charge in [0.25, 0.3) is 0 Å². The lowest BCUT2D eigenvalue weighted by Crippen LogP contribution is -2.05. The maximum Gasteiger partial charge on any atom is 0.163 e. The summed E-state index contributed by atoms with van der Waals surface area (Å²) in [5.74, 6) is 0.461. The number of fused-ring (bicyclic) bond motifs is 1. The van der Waals surface area contributed by atoms with Crippen LogP contribution in [0.4, 0.5) is 0 Å². The van der Waals surface area contributed by atoms with Gasteiger partial charge in [-0.1, -0.05) is 12.1 Å². The average molecular weight is 235 g/mol. The van der Waals surface area contributed by atoms with E-state index in [0.29, 0.717) is 11.6 Å². The van der Waals surface area contributed by atoms with Gasteiger partial charge in [0.05, 0.1) is 17.1 Å². The molecule has 0 bridgehead atoms. The maximum atomic E-state index is 9.27. The zero-order valence-electron chi connectivity index (χ0n) is 9.41. The fourth-order valence-corrected chi connectivity index (χ4v) is 1.81. The molecular weight excluding hydrogens is 226 g/mol. The summed E-state index contributed by atoms with van der Waals surface area (Å²) in [6, 6.07) is 11.5. The minimum absolute atomic E-state index is 0.457. The third-order valence-corrected chi connectivity index (χ3v) is 2.65. The van der Waals surface area contributed by atoms with Gasteiger partial charge in [0.1, 0.15) is 5.82 Å². The third-order valence-electron chi connectivity index (χ3n) is 2.65. The van der Waals surface area contributed by atoms with Gasteiger partial charge in [0, 0.05) is 12.4 Å².